The van der Waals surface area contributed by atoms with E-state index in [9.17, 15) is 0 Å². The second-order valence-electron chi connectivity index (χ2n) is 12.1. The quantitative estimate of drug-likeness (QED) is 0.276. The Hall–Kier alpha value is -1.30. The Morgan fingerprint density at radius 3 is 1.79 bits per heavy atom. The van der Waals surface area contributed by atoms with Crippen molar-refractivity contribution in [3.05, 3.63) is 47.5 Å². The van der Waals surface area contributed by atoms with Gasteiger partial charge in [-0.1, -0.05) is 127 Å². The van der Waals surface area contributed by atoms with Crippen LogP contribution in [0, 0.1) is 17.8 Å². The average molecular weight is 461 g/mol. The predicted molar refractivity (Wildman–Crippen MR) is 151 cm³/mol. The minimum atomic E-state index is 0.795. The van der Waals surface area contributed by atoms with Gasteiger partial charge in [0.2, 0.25) is 0 Å². The molecule has 0 amide bonds. The minimum absolute atomic E-state index is 0.795. The Balaban J connectivity index is 1.18. The highest BCUT2D eigenvalue weighted by Gasteiger charge is 2.25. The lowest BCUT2D eigenvalue weighted by molar-refractivity contribution is 0.222. The molecule has 0 bridgehead atoms. The van der Waals surface area contributed by atoms with E-state index < -0.39 is 0 Å². The second-order valence-corrected chi connectivity index (χ2v) is 12.1. The van der Waals surface area contributed by atoms with Crippen LogP contribution < -0.4 is 0 Å². The Morgan fingerprint density at radius 1 is 0.559 bits per heavy atom. The molecule has 0 unspecified atom stereocenters. The zero-order valence-corrected chi connectivity index (χ0v) is 22.5. The van der Waals surface area contributed by atoms with Crippen LogP contribution in [0.2, 0.25) is 0 Å². The van der Waals surface area contributed by atoms with Crippen molar-refractivity contribution in [1.82, 2.24) is 0 Å². The van der Waals surface area contributed by atoms with Gasteiger partial charge in [0.05, 0.1) is 0 Å². The van der Waals surface area contributed by atoms with Crippen LogP contribution >= 0.6 is 0 Å². The molecule has 0 nitrogen and oxygen atoms in total. The van der Waals surface area contributed by atoms with Gasteiger partial charge in [-0.05, 0) is 84.1 Å². The van der Waals surface area contributed by atoms with Gasteiger partial charge in [0.15, 0.2) is 0 Å². The standard InChI is InChI=1S/C34H52/c1-3-5-7-9-27-11-13-28(14-12-27)15-16-29-17-20-31(21-18-29)33-24-23-32-25-30(10-8-6-4-2)19-22-34(32)26-33/h19,22-29,31H,3-18,20-21H2,1-2H3. The third-order valence-electron chi connectivity index (χ3n) is 9.48. The van der Waals surface area contributed by atoms with Crippen LogP contribution in [0.4, 0.5) is 0 Å². The summed E-state index contributed by atoms with van der Waals surface area (Å²) in [5.41, 5.74) is 3.12. The van der Waals surface area contributed by atoms with E-state index in [1.807, 2.05) is 0 Å². The van der Waals surface area contributed by atoms with Crippen molar-refractivity contribution < 1.29 is 0 Å². The Bertz CT molecular complexity index is 832. The minimum Gasteiger partial charge on any atom is -0.0654 e. The van der Waals surface area contributed by atoms with Crippen molar-refractivity contribution in [2.24, 2.45) is 17.8 Å². The number of rotatable bonds is 12. The van der Waals surface area contributed by atoms with Crippen molar-refractivity contribution in [2.45, 2.75) is 135 Å². The lowest BCUT2D eigenvalue weighted by Gasteiger charge is -2.32. The van der Waals surface area contributed by atoms with Crippen molar-refractivity contribution in [3.8, 4) is 0 Å². The Morgan fingerprint density at radius 2 is 1.12 bits per heavy atom. The molecule has 0 aromatic heterocycles. The smallest absolute Gasteiger partial charge is 0.0162 e. The summed E-state index contributed by atoms with van der Waals surface area (Å²) in [5.74, 6) is 3.91. The van der Waals surface area contributed by atoms with Crippen molar-refractivity contribution in [2.75, 3.05) is 0 Å². The molecule has 2 aromatic carbocycles. The molecule has 2 aliphatic carbocycles. The summed E-state index contributed by atoms with van der Waals surface area (Å²) in [6.07, 6.45) is 25.9. The van der Waals surface area contributed by atoms with E-state index in [0.717, 1.165) is 23.7 Å². The highest BCUT2D eigenvalue weighted by Crippen LogP contribution is 2.41. The fourth-order valence-electron chi connectivity index (χ4n) is 7.05. The summed E-state index contributed by atoms with van der Waals surface area (Å²) in [6.45, 7) is 4.62. The molecule has 0 saturated heterocycles. The van der Waals surface area contributed by atoms with E-state index in [1.165, 1.54) is 132 Å². The van der Waals surface area contributed by atoms with E-state index >= 15 is 0 Å². The molecule has 188 valence electrons. The summed E-state index contributed by atoms with van der Waals surface area (Å²) in [5, 5.41) is 2.88. The van der Waals surface area contributed by atoms with Crippen LogP contribution in [0.3, 0.4) is 0 Å². The molecule has 2 aromatic rings. The number of hydrogen-bond donors (Lipinski definition) is 0. The van der Waals surface area contributed by atoms with Gasteiger partial charge in [-0.2, -0.15) is 0 Å². The molecule has 0 aliphatic heterocycles. The highest BCUT2D eigenvalue weighted by molar-refractivity contribution is 5.84. The summed E-state index contributed by atoms with van der Waals surface area (Å²) < 4.78 is 0. The van der Waals surface area contributed by atoms with Crippen LogP contribution in [0.1, 0.15) is 140 Å². The number of unbranched alkanes of at least 4 members (excludes halogenated alkanes) is 4. The third kappa shape index (κ3) is 7.60. The first kappa shape index (κ1) is 25.8. The second kappa shape index (κ2) is 13.7. The molecule has 2 aliphatic rings. The first-order chi connectivity index (χ1) is 16.7. The number of benzene rings is 2. The van der Waals surface area contributed by atoms with Crippen LogP contribution in [0.25, 0.3) is 10.8 Å². The highest BCUT2D eigenvalue weighted by atomic mass is 14.3. The van der Waals surface area contributed by atoms with Gasteiger partial charge in [0.25, 0.3) is 0 Å². The molecule has 4 rings (SSSR count). The molecule has 34 heavy (non-hydrogen) atoms. The predicted octanol–water partition coefficient (Wildman–Crippen LogP) is 11.0. The Labute approximate surface area is 211 Å². The normalized spacial score (nSPS) is 25.6. The molecule has 0 N–H and O–H groups in total. The van der Waals surface area contributed by atoms with Crippen LogP contribution in [-0.2, 0) is 6.42 Å². The monoisotopic (exact) mass is 460 g/mol. The largest absolute Gasteiger partial charge is 0.0654 e. The van der Waals surface area contributed by atoms with E-state index in [-0.39, 0.29) is 0 Å². The molecular formula is C34H52. The van der Waals surface area contributed by atoms with Crippen LogP contribution in [0.15, 0.2) is 36.4 Å². The fraction of sp³-hybridized carbons (Fsp3) is 0.706. The first-order valence-corrected chi connectivity index (χ1v) is 15.3. The maximum absolute atomic E-state index is 2.51. The van der Waals surface area contributed by atoms with Crippen molar-refractivity contribution in [1.29, 1.82) is 0 Å². The van der Waals surface area contributed by atoms with Gasteiger partial charge in [0.1, 0.15) is 0 Å². The summed E-state index contributed by atoms with van der Waals surface area (Å²) in [6, 6.07) is 14.5. The summed E-state index contributed by atoms with van der Waals surface area (Å²) >= 11 is 0. The zero-order chi connectivity index (χ0) is 23.6. The van der Waals surface area contributed by atoms with Gasteiger partial charge >= 0.3 is 0 Å². The number of hydrogen-bond acceptors (Lipinski definition) is 0. The fourth-order valence-corrected chi connectivity index (χ4v) is 7.05. The maximum Gasteiger partial charge on any atom is -0.0162 e. The molecule has 0 heteroatoms. The molecule has 0 spiro atoms. The molecular weight excluding hydrogens is 408 g/mol. The van der Waals surface area contributed by atoms with E-state index in [1.54, 1.807) is 5.56 Å². The van der Waals surface area contributed by atoms with Gasteiger partial charge in [-0.25, -0.2) is 0 Å². The first-order valence-electron chi connectivity index (χ1n) is 15.3. The van der Waals surface area contributed by atoms with Gasteiger partial charge in [-0.3, -0.25) is 0 Å². The SMILES string of the molecule is CCCCCc1ccc2cc(C3CCC(CCC4CCC(CCCCC)CC4)CC3)ccc2c1. The van der Waals surface area contributed by atoms with Crippen LogP contribution in [-0.4, -0.2) is 0 Å². The number of aryl methyl sites for hydroxylation is 1. The average Bonchev–Trinajstić information content (AvgIpc) is 2.88. The third-order valence-corrected chi connectivity index (χ3v) is 9.48. The van der Waals surface area contributed by atoms with Crippen molar-refractivity contribution >= 4 is 10.8 Å². The summed E-state index contributed by atoms with van der Waals surface area (Å²) in [4.78, 5) is 0. The van der Waals surface area contributed by atoms with Crippen molar-refractivity contribution in [3.63, 3.8) is 0 Å². The topological polar surface area (TPSA) is 0 Å². The Kier molecular flexibility index (Phi) is 10.4. The molecule has 0 radical (unpaired) electrons. The van der Waals surface area contributed by atoms with E-state index in [0.29, 0.717) is 0 Å². The summed E-state index contributed by atoms with van der Waals surface area (Å²) in [7, 11) is 0. The molecule has 0 atom stereocenters. The number of fused-ring (bicyclic) bond motifs is 1. The van der Waals surface area contributed by atoms with Gasteiger partial charge in [-0.15, -0.1) is 0 Å². The molecule has 0 heterocycles. The zero-order valence-electron chi connectivity index (χ0n) is 22.5. The van der Waals surface area contributed by atoms with Gasteiger partial charge < -0.3 is 0 Å². The van der Waals surface area contributed by atoms with E-state index in [2.05, 4.69) is 50.2 Å². The lowest BCUT2D eigenvalue weighted by atomic mass is 9.74. The molecule has 2 fully saturated rings. The lowest BCUT2D eigenvalue weighted by Crippen LogP contribution is -2.17. The van der Waals surface area contributed by atoms with Crippen LogP contribution in [0.5, 0.6) is 0 Å². The van der Waals surface area contributed by atoms with E-state index in [4.69, 9.17) is 0 Å². The molecule has 2 saturated carbocycles. The van der Waals surface area contributed by atoms with Gasteiger partial charge in [0, 0.05) is 0 Å². The maximum atomic E-state index is 2.51.